The van der Waals surface area contributed by atoms with Crippen molar-refractivity contribution in [2.75, 3.05) is 0 Å². The average molecular weight is 295 g/mol. The number of fused-ring (bicyclic) bond motifs is 1. The van der Waals surface area contributed by atoms with E-state index in [1.165, 1.54) is 10.8 Å². The van der Waals surface area contributed by atoms with Crippen LogP contribution in [0.5, 0.6) is 5.75 Å². The molecule has 4 nitrogen and oxygen atoms in total. The summed E-state index contributed by atoms with van der Waals surface area (Å²) in [6.07, 6.45) is 0. The third-order valence-electron chi connectivity index (χ3n) is 4.47. The molecule has 0 fully saturated rings. The molecule has 1 N–H and O–H groups in total. The summed E-state index contributed by atoms with van der Waals surface area (Å²) in [6, 6.07) is 3.86. The number of aromatic hydroxyl groups is 1. The summed E-state index contributed by atoms with van der Waals surface area (Å²) in [4.78, 5) is 0. The van der Waals surface area contributed by atoms with Crippen LogP contribution >= 0.6 is 0 Å². The molecule has 0 saturated carbocycles. The maximum atomic E-state index is 9.91. The number of aromatic nitrogens is 3. The van der Waals surface area contributed by atoms with Gasteiger partial charge in [-0.05, 0) is 64.8 Å². The van der Waals surface area contributed by atoms with Crippen LogP contribution in [-0.4, -0.2) is 19.9 Å². The highest BCUT2D eigenvalue weighted by atomic mass is 16.3. The van der Waals surface area contributed by atoms with Crippen molar-refractivity contribution in [3.05, 3.63) is 46.0 Å². The first-order valence-electron chi connectivity index (χ1n) is 7.45. The van der Waals surface area contributed by atoms with Gasteiger partial charge in [-0.1, -0.05) is 0 Å². The SMILES string of the molecule is Cc1cc(-n2c(C)c3c(C)nnc(C)c3c2C)c(C)cc1O. The summed E-state index contributed by atoms with van der Waals surface area (Å²) >= 11 is 0. The first-order chi connectivity index (χ1) is 10.3. The number of phenolic OH excluding ortho intramolecular Hbond substituents is 1. The number of hydrogen-bond donors (Lipinski definition) is 1. The lowest BCUT2D eigenvalue weighted by Crippen LogP contribution is -2.02. The fraction of sp³-hybridized carbons (Fsp3) is 0.333. The van der Waals surface area contributed by atoms with Gasteiger partial charge in [-0.2, -0.15) is 10.2 Å². The molecule has 0 aliphatic heterocycles. The van der Waals surface area contributed by atoms with Gasteiger partial charge in [0.25, 0.3) is 0 Å². The number of nitrogens with zero attached hydrogens (tertiary/aromatic N) is 3. The Morgan fingerprint density at radius 2 is 1.27 bits per heavy atom. The van der Waals surface area contributed by atoms with Gasteiger partial charge in [-0.25, -0.2) is 0 Å². The molecule has 0 unspecified atom stereocenters. The molecule has 2 aromatic heterocycles. The predicted molar refractivity (Wildman–Crippen MR) is 89.0 cm³/mol. The highest BCUT2D eigenvalue weighted by Gasteiger charge is 2.19. The minimum absolute atomic E-state index is 0.337. The van der Waals surface area contributed by atoms with Gasteiger partial charge in [0.1, 0.15) is 5.75 Å². The van der Waals surface area contributed by atoms with Crippen LogP contribution in [0.2, 0.25) is 0 Å². The van der Waals surface area contributed by atoms with Gasteiger partial charge in [0.15, 0.2) is 0 Å². The van der Waals surface area contributed by atoms with Crippen LogP contribution in [-0.2, 0) is 0 Å². The summed E-state index contributed by atoms with van der Waals surface area (Å²) in [7, 11) is 0. The van der Waals surface area contributed by atoms with E-state index in [0.717, 1.165) is 39.6 Å². The first-order valence-corrected chi connectivity index (χ1v) is 7.45. The minimum Gasteiger partial charge on any atom is -0.508 e. The Balaban J connectivity index is 2.45. The van der Waals surface area contributed by atoms with Crippen LogP contribution in [0.3, 0.4) is 0 Å². The van der Waals surface area contributed by atoms with Gasteiger partial charge in [-0.3, -0.25) is 0 Å². The molecule has 0 saturated heterocycles. The van der Waals surface area contributed by atoms with Crippen molar-refractivity contribution in [2.45, 2.75) is 41.5 Å². The van der Waals surface area contributed by atoms with Crippen molar-refractivity contribution in [3.8, 4) is 11.4 Å². The monoisotopic (exact) mass is 295 g/mol. The second-order valence-corrected chi connectivity index (χ2v) is 6.05. The normalized spacial score (nSPS) is 11.4. The van der Waals surface area contributed by atoms with E-state index in [0.29, 0.717) is 5.75 Å². The maximum absolute atomic E-state index is 9.91. The fourth-order valence-electron chi connectivity index (χ4n) is 3.36. The van der Waals surface area contributed by atoms with Gasteiger partial charge in [0, 0.05) is 27.8 Å². The molecule has 114 valence electrons. The summed E-state index contributed by atoms with van der Waals surface area (Å²) in [5, 5.41) is 20.8. The topological polar surface area (TPSA) is 50.9 Å². The molecule has 0 bridgehead atoms. The molecule has 0 radical (unpaired) electrons. The van der Waals surface area contributed by atoms with E-state index in [-0.39, 0.29) is 0 Å². The van der Waals surface area contributed by atoms with Crippen molar-refractivity contribution in [3.63, 3.8) is 0 Å². The van der Waals surface area contributed by atoms with Crippen LogP contribution in [0.1, 0.15) is 33.9 Å². The Kier molecular flexibility index (Phi) is 3.20. The van der Waals surface area contributed by atoms with Crippen molar-refractivity contribution in [1.29, 1.82) is 0 Å². The Morgan fingerprint density at radius 3 is 1.77 bits per heavy atom. The van der Waals surface area contributed by atoms with E-state index in [1.807, 2.05) is 39.8 Å². The number of hydrogen-bond acceptors (Lipinski definition) is 3. The van der Waals surface area contributed by atoms with Crippen molar-refractivity contribution < 1.29 is 5.11 Å². The van der Waals surface area contributed by atoms with Gasteiger partial charge in [0.2, 0.25) is 0 Å². The van der Waals surface area contributed by atoms with Crippen LogP contribution < -0.4 is 0 Å². The maximum Gasteiger partial charge on any atom is 0.118 e. The molecule has 2 heterocycles. The Labute approximate surface area is 130 Å². The zero-order valence-electron chi connectivity index (χ0n) is 13.9. The van der Waals surface area contributed by atoms with Crippen molar-refractivity contribution in [1.82, 2.24) is 14.8 Å². The number of aryl methyl sites for hydroxylation is 6. The molecule has 3 rings (SSSR count). The highest BCUT2D eigenvalue weighted by molar-refractivity contribution is 5.92. The fourth-order valence-corrected chi connectivity index (χ4v) is 3.36. The Hall–Kier alpha value is -2.36. The molecular formula is C18H21N3O. The molecule has 22 heavy (non-hydrogen) atoms. The van der Waals surface area contributed by atoms with E-state index < -0.39 is 0 Å². The molecule has 0 atom stereocenters. The van der Waals surface area contributed by atoms with Gasteiger partial charge < -0.3 is 9.67 Å². The second kappa shape index (κ2) is 4.83. The first kappa shape index (κ1) is 14.6. The molecule has 0 spiro atoms. The molecular weight excluding hydrogens is 274 g/mol. The van der Waals surface area contributed by atoms with E-state index in [4.69, 9.17) is 0 Å². The largest absolute Gasteiger partial charge is 0.508 e. The molecule has 0 aliphatic carbocycles. The van der Waals surface area contributed by atoms with Crippen molar-refractivity contribution >= 4 is 10.8 Å². The Morgan fingerprint density at radius 1 is 0.773 bits per heavy atom. The van der Waals surface area contributed by atoms with Crippen LogP contribution in [0, 0.1) is 41.5 Å². The molecule has 0 amide bonds. The quantitative estimate of drug-likeness (QED) is 0.739. The van der Waals surface area contributed by atoms with E-state index in [2.05, 4.69) is 28.6 Å². The third-order valence-corrected chi connectivity index (χ3v) is 4.47. The van der Waals surface area contributed by atoms with E-state index in [9.17, 15) is 5.11 Å². The average Bonchev–Trinajstić information content (AvgIpc) is 2.72. The standard InChI is InChI=1S/C18H21N3O/c1-9-8-16(22)10(2)7-15(9)21-13(5)17-11(3)19-20-12(4)18(17)14(21)6/h7-8,22H,1-6H3. The molecule has 3 aromatic rings. The molecule has 1 aromatic carbocycles. The Bertz CT molecular complexity index is 862. The summed E-state index contributed by atoms with van der Waals surface area (Å²) in [5.74, 6) is 0.337. The lowest BCUT2D eigenvalue weighted by atomic mass is 10.1. The zero-order valence-corrected chi connectivity index (χ0v) is 13.9. The van der Waals surface area contributed by atoms with E-state index >= 15 is 0 Å². The van der Waals surface area contributed by atoms with Crippen LogP contribution in [0.25, 0.3) is 16.5 Å². The number of phenols is 1. The number of rotatable bonds is 1. The third kappa shape index (κ3) is 1.90. The smallest absolute Gasteiger partial charge is 0.118 e. The van der Waals surface area contributed by atoms with Crippen LogP contribution in [0.4, 0.5) is 0 Å². The van der Waals surface area contributed by atoms with Crippen LogP contribution in [0.15, 0.2) is 12.1 Å². The lowest BCUT2D eigenvalue weighted by molar-refractivity contribution is 0.470. The zero-order chi connectivity index (χ0) is 16.2. The highest BCUT2D eigenvalue weighted by Crippen LogP contribution is 2.34. The summed E-state index contributed by atoms with van der Waals surface area (Å²) in [5.41, 5.74) is 7.25. The summed E-state index contributed by atoms with van der Waals surface area (Å²) in [6.45, 7) is 12.2. The number of benzene rings is 1. The van der Waals surface area contributed by atoms with Gasteiger partial charge in [-0.15, -0.1) is 0 Å². The second-order valence-electron chi connectivity index (χ2n) is 6.05. The molecule has 4 heteroatoms. The summed E-state index contributed by atoms with van der Waals surface area (Å²) < 4.78 is 2.25. The molecule has 0 aliphatic rings. The predicted octanol–water partition coefficient (Wildman–Crippen LogP) is 3.98. The lowest BCUT2D eigenvalue weighted by Gasteiger charge is -2.14. The van der Waals surface area contributed by atoms with Crippen molar-refractivity contribution in [2.24, 2.45) is 0 Å². The minimum atomic E-state index is 0.337. The van der Waals surface area contributed by atoms with Gasteiger partial charge in [0.05, 0.1) is 11.4 Å². The van der Waals surface area contributed by atoms with Gasteiger partial charge >= 0.3 is 0 Å². The van der Waals surface area contributed by atoms with E-state index in [1.54, 1.807) is 0 Å².